The molecule has 1 amide bonds. The van der Waals surface area contributed by atoms with Crippen molar-refractivity contribution >= 4 is 16.7 Å². The normalized spacial score (nSPS) is 14.3. The molecule has 0 aromatic heterocycles. The van der Waals surface area contributed by atoms with E-state index in [0.717, 1.165) is 31.4 Å². The highest BCUT2D eigenvalue weighted by molar-refractivity contribution is 5.90. The van der Waals surface area contributed by atoms with Gasteiger partial charge in [-0.05, 0) is 42.1 Å². The highest BCUT2D eigenvalue weighted by atomic mass is 16.2. The van der Waals surface area contributed by atoms with E-state index in [1.807, 2.05) is 23.1 Å². The van der Waals surface area contributed by atoms with Crippen molar-refractivity contribution in [1.82, 2.24) is 4.90 Å². The molecule has 1 aliphatic carbocycles. The van der Waals surface area contributed by atoms with Gasteiger partial charge in [0.1, 0.15) is 0 Å². The Bertz CT molecular complexity index is 629. The smallest absolute Gasteiger partial charge is 0.227 e. The van der Waals surface area contributed by atoms with Crippen molar-refractivity contribution in [3.63, 3.8) is 0 Å². The SMILES string of the molecule is NCCCN(C(=O)Cc1cccc2ccccc12)C1CC1. The van der Waals surface area contributed by atoms with Gasteiger partial charge in [0.2, 0.25) is 5.91 Å². The fraction of sp³-hybridized carbons (Fsp3) is 0.389. The van der Waals surface area contributed by atoms with Gasteiger partial charge in [0.25, 0.3) is 0 Å². The van der Waals surface area contributed by atoms with Gasteiger partial charge in [-0.15, -0.1) is 0 Å². The van der Waals surface area contributed by atoms with E-state index in [4.69, 9.17) is 5.73 Å². The van der Waals surface area contributed by atoms with Crippen LogP contribution in [0.1, 0.15) is 24.8 Å². The molecular formula is C18H22N2O. The van der Waals surface area contributed by atoms with Crippen molar-refractivity contribution in [3.05, 3.63) is 48.0 Å². The Hall–Kier alpha value is -1.87. The van der Waals surface area contributed by atoms with Gasteiger partial charge in [0, 0.05) is 12.6 Å². The van der Waals surface area contributed by atoms with Crippen LogP contribution in [0.4, 0.5) is 0 Å². The van der Waals surface area contributed by atoms with Crippen LogP contribution in [0.25, 0.3) is 10.8 Å². The number of rotatable bonds is 6. The highest BCUT2D eigenvalue weighted by Gasteiger charge is 2.31. The molecule has 2 aromatic carbocycles. The van der Waals surface area contributed by atoms with E-state index in [9.17, 15) is 4.79 Å². The molecule has 1 saturated carbocycles. The Labute approximate surface area is 125 Å². The third-order valence-corrected chi connectivity index (χ3v) is 4.13. The van der Waals surface area contributed by atoms with Crippen LogP contribution in [0.15, 0.2) is 42.5 Å². The summed E-state index contributed by atoms with van der Waals surface area (Å²) in [6.07, 6.45) is 3.66. The van der Waals surface area contributed by atoms with Crippen molar-refractivity contribution in [3.8, 4) is 0 Å². The van der Waals surface area contributed by atoms with Gasteiger partial charge in [-0.3, -0.25) is 4.79 Å². The Morgan fingerprint density at radius 2 is 1.90 bits per heavy atom. The molecule has 0 bridgehead atoms. The van der Waals surface area contributed by atoms with Crippen LogP contribution in [0.5, 0.6) is 0 Å². The van der Waals surface area contributed by atoms with Gasteiger partial charge in [0.15, 0.2) is 0 Å². The van der Waals surface area contributed by atoms with E-state index in [1.54, 1.807) is 0 Å². The zero-order chi connectivity index (χ0) is 14.7. The Balaban J connectivity index is 1.78. The number of nitrogens with two attached hydrogens (primary N) is 1. The van der Waals surface area contributed by atoms with E-state index < -0.39 is 0 Å². The van der Waals surface area contributed by atoms with Crippen LogP contribution >= 0.6 is 0 Å². The topological polar surface area (TPSA) is 46.3 Å². The van der Waals surface area contributed by atoms with Crippen molar-refractivity contribution in [2.45, 2.75) is 31.7 Å². The molecule has 1 fully saturated rings. The lowest BCUT2D eigenvalue weighted by atomic mass is 10.0. The summed E-state index contributed by atoms with van der Waals surface area (Å²) >= 11 is 0. The van der Waals surface area contributed by atoms with Crippen molar-refractivity contribution < 1.29 is 4.79 Å². The Kier molecular flexibility index (Phi) is 4.20. The second kappa shape index (κ2) is 6.27. The summed E-state index contributed by atoms with van der Waals surface area (Å²) in [6.45, 7) is 1.44. The highest BCUT2D eigenvalue weighted by Crippen LogP contribution is 2.28. The molecule has 0 unspecified atom stereocenters. The summed E-state index contributed by atoms with van der Waals surface area (Å²) in [6, 6.07) is 14.9. The zero-order valence-electron chi connectivity index (χ0n) is 12.3. The van der Waals surface area contributed by atoms with Gasteiger partial charge in [-0.1, -0.05) is 42.5 Å². The summed E-state index contributed by atoms with van der Waals surface area (Å²) in [5, 5.41) is 2.38. The molecular weight excluding hydrogens is 260 g/mol. The first-order chi connectivity index (χ1) is 10.3. The summed E-state index contributed by atoms with van der Waals surface area (Å²) < 4.78 is 0. The molecule has 0 aliphatic heterocycles. The van der Waals surface area contributed by atoms with E-state index in [-0.39, 0.29) is 5.91 Å². The van der Waals surface area contributed by atoms with Crippen LogP contribution < -0.4 is 5.73 Å². The monoisotopic (exact) mass is 282 g/mol. The fourth-order valence-electron chi connectivity index (χ4n) is 2.87. The maximum Gasteiger partial charge on any atom is 0.227 e. The van der Waals surface area contributed by atoms with Crippen molar-refractivity contribution in [1.29, 1.82) is 0 Å². The van der Waals surface area contributed by atoms with E-state index >= 15 is 0 Å². The molecule has 0 spiro atoms. The quantitative estimate of drug-likeness (QED) is 0.885. The summed E-state index contributed by atoms with van der Waals surface area (Å²) in [7, 11) is 0. The fourth-order valence-corrected chi connectivity index (χ4v) is 2.87. The predicted molar refractivity (Wildman–Crippen MR) is 86.1 cm³/mol. The average molecular weight is 282 g/mol. The predicted octanol–water partition coefficient (Wildman–Crippen LogP) is 2.72. The molecule has 0 atom stereocenters. The van der Waals surface area contributed by atoms with E-state index in [1.165, 1.54) is 10.8 Å². The summed E-state index contributed by atoms with van der Waals surface area (Å²) in [4.78, 5) is 14.7. The largest absolute Gasteiger partial charge is 0.339 e. The number of benzene rings is 2. The van der Waals surface area contributed by atoms with Gasteiger partial charge in [0.05, 0.1) is 6.42 Å². The number of carbonyl (C=O) groups is 1. The van der Waals surface area contributed by atoms with Crippen LogP contribution in [0, 0.1) is 0 Å². The number of hydrogen-bond acceptors (Lipinski definition) is 2. The van der Waals surface area contributed by atoms with Gasteiger partial charge >= 0.3 is 0 Å². The molecule has 110 valence electrons. The molecule has 2 N–H and O–H groups in total. The third-order valence-electron chi connectivity index (χ3n) is 4.13. The zero-order valence-corrected chi connectivity index (χ0v) is 12.3. The second-order valence-corrected chi connectivity index (χ2v) is 5.78. The van der Waals surface area contributed by atoms with Crippen LogP contribution in [-0.4, -0.2) is 29.9 Å². The van der Waals surface area contributed by atoms with Crippen LogP contribution in [-0.2, 0) is 11.2 Å². The van der Waals surface area contributed by atoms with Crippen LogP contribution in [0.3, 0.4) is 0 Å². The third kappa shape index (κ3) is 3.24. The number of nitrogens with zero attached hydrogens (tertiary/aromatic N) is 1. The first-order valence-electron chi connectivity index (χ1n) is 7.76. The lowest BCUT2D eigenvalue weighted by molar-refractivity contribution is -0.131. The van der Waals surface area contributed by atoms with Gasteiger partial charge in [-0.2, -0.15) is 0 Å². The number of amides is 1. The first-order valence-corrected chi connectivity index (χ1v) is 7.76. The minimum absolute atomic E-state index is 0.238. The van der Waals surface area contributed by atoms with Gasteiger partial charge < -0.3 is 10.6 Å². The number of carbonyl (C=O) groups excluding carboxylic acids is 1. The average Bonchev–Trinajstić information content (AvgIpc) is 3.33. The summed E-state index contributed by atoms with van der Waals surface area (Å²) in [5.74, 6) is 0.238. The van der Waals surface area contributed by atoms with Crippen molar-refractivity contribution in [2.24, 2.45) is 5.73 Å². The molecule has 0 saturated heterocycles. The van der Waals surface area contributed by atoms with E-state index in [2.05, 4.69) is 24.3 Å². The minimum Gasteiger partial charge on any atom is -0.339 e. The second-order valence-electron chi connectivity index (χ2n) is 5.78. The van der Waals surface area contributed by atoms with Crippen LogP contribution in [0.2, 0.25) is 0 Å². The van der Waals surface area contributed by atoms with Crippen molar-refractivity contribution in [2.75, 3.05) is 13.1 Å². The standard InChI is InChI=1S/C18H22N2O/c19-11-4-12-20(16-9-10-16)18(21)13-15-7-3-6-14-5-1-2-8-17(14)15/h1-3,5-8,16H,4,9-13,19H2. The molecule has 3 rings (SSSR count). The first kappa shape index (κ1) is 14.1. The van der Waals surface area contributed by atoms with Gasteiger partial charge in [-0.25, -0.2) is 0 Å². The molecule has 2 aromatic rings. The molecule has 1 aliphatic rings. The lowest BCUT2D eigenvalue weighted by Crippen LogP contribution is -2.36. The Morgan fingerprint density at radius 3 is 2.67 bits per heavy atom. The Morgan fingerprint density at radius 1 is 1.14 bits per heavy atom. The summed E-state index contributed by atoms with van der Waals surface area (Å²) in [5.41, 5.74) is 6.71. The maximum atomic E-state index is 12.6. The molecule has 21 heavy (non-hydrogen) atoms. The molecule has 0 heterocycles. The lowest BCUT2D eigenvalue weighted by Gasteiger charge is -2.22. The molecule has 0 radical (unpaired) electrons. The number of hydrogen-bond donors (Lipinski definition) is 1. The molecule has 3 nitrogen and oxygen atoms in total. The van der Waals surface area contributed by atoms with E-state index in [0.29, 0.717) is 19.0 Å². The minimum atomic E-state index is 0.238. The maximum absolute atomic E-state index is 12.6. The number of fused-ring (bicyclic) bond motifs is 1. The molecule has 3 heteroatoms.